The summed E-state index contributed by atoms with van der Waals surface area (Å²) in [5, 5.41) is 0.761. The van der Waals surface area contributed by atoms with Crippen molar-refractivity contribution in [2.24, 2.45) is 10.8 Å². The molecule has 2 aliphatic carbocycles. The number of carbonyl (C=O) groups excluding carboxylic acids is 1. The van der Waals surface area contributed by atoms with Gasteiger partial charge in [0.25, 0.3) is 0 Å². The van der Waals surface area contributed by atoms with E-state index in [1.165, 1.54) is 5.56 Å². The fourth-order valence-electron chi connectivity index (χ4n) is 3.64. The van der Waals surface area contributed by atoms with Crippen LogP contribution in [0.5, 0.6) is 0 Å². The van der Waals surface area contributed by atoms with Gasteiger partial charge in [-0.2, -0.15) is 0 Å². The molecule has 2 heteroatoms. The van der Waals surface area contributed by atoms with Crippen LogP contribution in [0, 0.1) is 10.8 Å². The van der Waals surface area contributed by atoms with Crippen LogP contribution in [0.4, 0.5) is 0 Å². The largest absolute Gasteiger partial charge is 0.298 e. The fourth-order valence-corrected chi connectivity index (χ4v) is 3.77. The standard InChI is InChI=1S/C16H19ClO/c1-15(2)13(11-3-5-12(17)6-4-11)7-8-16(9-10-16)14(15)18/h3-6,13H,7-10H2,1-2H3. The van der Waals surface area contributed by atoms with Gasteiger partial charge in [0, 0.05) is 15.9 Å². The Hall–Kier alpha value is -0.820. The van der Waals surface area contributed by atoms with E-state index in [1.807, 2.05) is 12.1 Å². The predicted octanol–water partition coefficient (Wildman–Crippen LogP) is 4.59. The summed E-state index contributed by atoms with van der Waals surface area (Å²) < 4.78 is 0. The lowest BCUT2D eigenvalue weighted by molar-refractivity contribution is -0.137. The van der Waals surface area contributed by atoms with Crippen LogP contribution in [-0.2, 0) is 4.79 Å². The average Bonchev–Trinajstić information content (AvgIpc) is 3.10. The molecule has 96 valence electrons. The second-order valence-corrected chi connectivity index (χ2v) is 6.91. The Bertz CT molecular complexity index is 482. The summed E-state index contributed by atoms with van der Waals surface area (Å²) in [5.74, 6) is 0.828. The average molecular weight is 263 g/mol. The first-order valence-electron chi connectivity index (χ1n) is 6.76. The Morgan fingerprint density at radius 2 is 1.72 bits per heavy atom. The zero-order valence-corrected chi connectivity index (χ0v) is 11.8. The van der Waals surface area contributed by atoms with E-state index in [2.05, 4.69) is 26.0 Å². The highest BCUT2D eigenvalue weighted by atomic mass is 35.5. The molecule has 0 radical (unpaired) electrons. The third-order valence-corrected chi connectivity index (χ3v) is 5.23. The van der Waals surface area contributed by atoms with E-state index in [9.17, 15) is 4.79 Å². The lowest BCUT2D eigenvalue weighted by Gasteiger charge is -2.41. The molecule has 0 N–H and O–H groups in total. The second kappa shape index (κ2) is 3.84. The Balaban J connectivity index is 1.93. The van der Waals surface area contributed by atoms with Gasteiger partial charge in [-0.05, 0) is 49.3 Å². The smallest absolute Gasteiger partial charge is 0.145 e. The van der Waals surface area contributed by atoms with Crippen molar-refractivity contribution in [2.75, 3.05) is 0 Å². The number of halogens is 1. The molecule has 0 aliphatic heterocycles. The fraction of sp³-hybridized carbons (Fsp3) is 0.562. The molecular formula is C16H19ClO. The minimum Gasteiger partial charge on any atom is -0.298 e. The van der Waals surface area contributed by atoms with E-state index in [0.29, 0.717) is 11.7 Å². The predicted molar refractivity (Wildman–Crippen MR) is 73.9 cm³/mol. The van der Waals surface area contributed by atoms with Crippen LogP contribution in [0.1, 0.15) is 51.0 Å². The third kappa shape index (κ3) is 1.72. The number of Topliss-reactive ketones (excluding diaryl/α,β-unsaturated/α-hetero) is 1. The first-order valence-corrected chi connectivity index (χ1v) is 7.14. The van der Waals surface area contributed by atoms with Crippen LogP contribution in [0.25, 0.3) is 0 Å². The highest BCUT2D eigenvalue weighted by Crippen LogP contribution is 2.61. The maximum absolute atomic E-state index is 12.7. The summed E-state index contributed by atoms with van der Waals surface area (Å²) in [6.45, 7) is 4.24. The van der Waals surface area contributed by atoms with Crippen molar-refractivity contribution in [1.82, 2.24) is 0 Å². The van der Waals surface area contributed by atoms with Gasteiger partial charge in [-0.1, -0.05) is 37.6 Å². The SMILES string of the molecule is CC1(C)C(=O)C2(CCC1c1ccc(Cl)cc1)CC2. The number of benzene rings is 1. The molecular weight excluding hydrogens is 244 g/mol. The van der Waals surface area contributed by atoms with Crippen LogP contribution >= 0.6 is 11.6 Å². The lowest BCUT2D eigenvalue weighted by atomic mass is 9.60. The van der Waals surface area contributed by atoms with Crippen molar-refractivity contribution in [3.63, 3.8) is 0 Å². The van der Waals surface area contributed by atoms with Gasteiger partial charge in [0.05, 0.1) is 0 Å². The van der Waals surface area contributed by atoms with Gasteiger partial charge in [-0.15, -0.1) is 0 Å². The van der Waals surface area contributed by atoms with Crippen molar-refractivity contribution in [3.05, 3.63) is 34.9 Å². The normalized spacial score (nSPS) is 28.4. The first kappa shape index (κ1) is 12.2. The van der Waals surface area contributed by atoms with E-state index < -0.39 is 0 Å². The maximum Gasteiger partial charge on any atom is 0.145 e. The van der Waals surface area contributed by atoms with Crippen LogP contribution in [-0.4, -0.2) is 5.78 Å². The molecule has 1 atom stereocenters. The quantitative estimate of drug-likeness (QED) is 0.723. The second-order valence-electron chi connectivity index (χ2n) is 6.47. The molecule has 1 aromatic rings. The molecule has 0 amide bonds. The van der Waals surface area contributed by atoms with E-state index in [1.54, 1.807) is 0 Å². The Labute approximate surface area is 114 Å². The molecule has 3 rings (SSSR count). The summed E-state index contributed by atoms with van der Waals surface area (Å²) in [6.07, 6.45) is 4.42. The number of hydrogen-bond acceptors (Lipinski definition) is 1. The van der Waals surface area contributed by atoms with Crippen molar-refractivity contribution in [1.29, 1.82) is 0 Å². The van der Waals surface area contributed by atoms with Gasteiger partial charge in [-0.25, -0.2) is 0 Å². The molecule has 2 fully saturated rings. The van der Waals surface area contributed by atoms with Crippen LogP contribution in [0.3, 0.4) is 0 Å². The van der Waals surface area contributed by atoms with Gasteiger partial charge in [0.2, 0.25) is 0 Å². The van der Waals surface area contributed by atoms with Gasteiger partial charge in [0.1, 0.15) is 5.78 Å². The van der Waals surface area contributed by atoms with E-state index in [4.69, 9.17) is 11.6 Å². The first-order chi connectivity index (χ1) is 8.46. The van der Waals surface area contributed by atoms with Crippen molar-refractivity contribution >= 4 is 17.4 Å². The molecule has 2 saturated carbocycles. The summed E-state index contributed by atoms with van der Waals surface area (Å²) in [5.41, 5.74) is 1.09. The third-order valence-electron chi connectivity index (χ3n) is 4.98. The summed E-state index contributed by atoms with van der Waals surface area (Å²) in [6, 6.07) is 8.01. The van der Waals surface area contributed by atoms with Crippen molar-refractivity contribution in [2.45, 2.75) is 45.4 Å². The number of hydrogen-bond donors (Lipinski definition) is 0. The Kier molecular flexibility index (Phi) is 2.60. The Morgan fingerprint density at radius 3 is 2.28 bits per heavy atom. The summed E-state index contributed by atoms with van der Waals surface area (Å²) in [7, 11) is 0. The molecule has 1 nitrogen and oxygen atoms in total. The van der Waals surface area contributed by atoms with Crippen molar-refractivity contribution < 1.29 is 4.79 Å². The monoisotopic (exact) mass is 262 g/mol. The van der Waals surface area contributed by atoms with Gasteiger partial charge in [-0.3, -0.25) is 4.79 Å². The molecule has 0 saturated heterocycles. The molecule has 2 aliphatic rings. The van der Waals surface area contributed by atoms with E-state index >= 15 is 0 Å². The minimum atomic E-state index is -0.234. The molecule has 1 unspecified atom stereocenters. The molecule has 0 aromatic heterocycles. The molecule has 1 spiro atoms. The van der Waals surface area contributed by atoms with Crippen LogP contribution in [0.2, 0.25) is 5.02 Å². The maximum atomic E-state index is 12.7. The zero-order valence-electron chi connectivity index (χ0n) is 11.0. The molecule has 0 heterocycles. The van der Waals surface area contributed by atoms with Gasteiger partial charge >= 0.3 is 0 Å². The summed E-state index contributed by atoms with van der Waals surface area (Å²) in [4.78, 5) is 12.7. The number of carbonyl (C=O) groups is 1. The highest BCUT2D eigenvalue weighted by Gasteiger charge is 2.59. The zero-order chi connectivity index (χ0) is 13.0. The van der Waals surface area contributed by atoms with Gasteiger partial charge < -0.3 is 0 Å². The Morgan fingerprint density at radius 1 is 1.11 bits per heavy atom. The highest BCUT2D eigenvalue weighted by molar-refractivity contribution is 6.30. The number of rotatable bonds is 1. The van der Waals surface area contributed by atoms with Crippen molar-refractivity contribution in [3.8, 4) is 0 Å². The molecule has 18 heavy (non-hydrogen) atoms. The van der Waals surface area contributed by atoms with Crippen LogP contribution in [0.15, 0.2) is 24.3 Å². The number of ketones is 1. The minimum absolute atomic E-state index is 0.0619. The van der Waals surface area contributed by atoms with Gasteiger partial charge in [0.15, 0.2) is 0 Å². The van der Waals surface area contributed by atoms with E-state index in [0.717, 1.165) is 30.7 Å². The topological polar surface area (TPSA) is 17.1 Å². The molecule has 0 bridgehead atoms. The summed E-state index contributed by atoms with van der Waals surface area (Å²) >= 11 is 5.94. The van der Waals surface area contributed by atoms with Crippen LogP contribution < -0.4 is 0 Å². The molecule has 1 aromatic carbocycles. The van der Waals surface area contributed by atoms with E-state index in [-0.39, 0.29) is 10.8 Å². The lowest BCUT2D eigenvalue weighted by Crippen LogP contribution is -2.42.